The Bertz CT molecular complexity index is 383. The lowest BCUT2D eigenvalue weighted by molar-refractivity contribution is 0.312. The maximum atomic E-state index is 5.64. The second-order valence-electron chi connectivity index (χ2n) is 4.17. The molecule has 0 aliphatic heterocycles. The van der Waals surface area contributed by atoms with Crippen LogP contribution in [-0.4, -0.2) is 39.3 Å². The third kappa shape index (κ3) is 6.31. The van der Waals surface area contributed by atoms with E-state index in [4.69, 9.17) is 9.47 Å². The second-order valence-corrected chi connectivity index (χ2v) is 4.17. The Morgan fingerprint density at radius 3 is 2.20 bits per heavy atom. The Morgan fingerprint density at radius 1 is 1.05 bits per heavy atom. The van der Waals surface area contributed by atoms with Gasteiger partial charge in [-0.05, 0) is 38.1 Å². The van der Waals surface area contributed by atoms with Gasteiger partial charge >= 0.3 is 0 Å². The van der Waals surface area contributed by atoms with E-state index in [-0.39, 0.29) is 0 Å². The first kappa shape index (κ1) is 16.1. The molecule has 112 valence electrons. The fourth-order valence-electron chi connectivity index (χ4n) is 1.63. The van der Waals surface area contributed by atoms with E-state index in [1.54, 1.807) is 7.11 Å². The largest absolute Gasteiger partial charge is 0.497 e. The Hall–Kier alpha value is -1.91. The summed E-state index contributed by atoms with van der Waals surface area (Å²) < 4.78 is 10.7. The minimum absolute atomic E-state index is 0.654. The summed E-state index contributed by atoms with van der Waals surface area (Å²) >= 11 is 0. The van der Waals surface area contributed by atoms with E-state index in [0.29, 0.717) is 6.61 Å². The molecule has 5 heteroatoms. The highest BCUT2D eigenvalue weighted by Crippen LogP contribution is 2.16. The van der Waals surface area contributed by atoms with Crippen molar-refractivity contribution in [1.82, 2.24) is 10.6 Å². The van der Waals surface area contributed by atoms with Crippen molar-refractivity contribution in [3.63, 3.8) is 0 Å². The zero-order chi connectivity index (χ0) is 14.6. The quantitative estimate of drug-likeness (QED) is 0.434. The van der Waals surface area contributed by atoms with Gasteiger partial charge in [0, 0.05) is 26.1 Å². The number of hydrogen-bond donors (Lipinski definition) is 2. The lowest BCUT2D eigenvalue weighted by atomic mass is 10.3. The van der Waals surface area contributed by atoms with Gasteiger partial charge in [0.05, 0.1) is 13.7 Å². The predicted octanol–water partition coefficient (Wildman–Crippen LogP) is 2.04. The number of aliphatic imine (C=N–C) groups is 1. The molecule has 0 saturated heterocycles. The summed E-state index contributed by atoms with van der Waals surface area (Å²) in [6.07, 6.45) is 0.881. The van der Waals surface area contributed by atoms with Crippen molar-refractivity contribution in [2.75, 3.05) is 33.4 Å². The first-order valence-electron chi connectivity index (χ1n) is 7.09. The Labute approximate surface area is 121 Å². The van der Waals surface area contributed by atoms with Crippen molar-refractivity contribution in [3.8, 4) is 11.5 Å². The van der Waals surface area contributed by atoms with Crippen molar-refractivity contribution < 1.29 is 9.47 Å². The summed E-state index contributed by atoms with van der Waals surface area (Å²) in [6.45, 7) is 7.24. The zero-order valence-corrected chi connectivity index (χ0v) is 12.6. The Morgan fingerprint density at radius 2 is 1.65 bits per heavy atom. The number of benzene rings is 1. The molecule has 0 aliphatic carbocycles. The maximum Gasteiger partial charge on any atom is 0.191 e. The minimum Gasteiger partial charge on any atom is -0.497 e. The molecule has 0 spiro atoms. The fraction of sp³-hybridized carbons (Fsp3) is 0.533. The number of guanidine groups is 1. The number of rotatable bonds is 8. The van der Waals surface area contributed by atoms with E-state index >= 15 is 0 Å². The average Bonchev–Trinajstić information content (AvgIpc) is 2.48. The topological polar surface area (TPSA) is 54.9 Å². The number of ether oxygens (including phenoxy) is 2. The molecule has 0 unspecified atom stereocenters. The van der Waals surface area contributed by atoms with Gasteiger partial charge in [-0.15, -0.1) is 0 Å². The molecule has 0 saturated carbocycles. The van der Waals surface area contributed by atoms with Gasteiger partial charge in [0.1, 0.15) is 11.5 Å². The van der Waals surface area contributed by atoms with Crippen molar-refractivity contribution in [2.24, 2.45) is 4.99 Å². The lowest BCUT2D eigenvalue weighted by Gasteiger charge is -2.09. The molecular weight excluding hydrogens is 254 g/mol. The molecule has 0 bridgehead atoms. The van der Waals surface area contributed by atoms with Crippen LogP contribution in [-0.2, 0) is 0 Å². The predicted molar refractivity (Wildman–Crippen MR) is 82.8 cm³/mol. The minimum atomic E-state index is 0.654. The van der Waals surface area contributed by atoms with E-state index in [9.17, 15) is 0 Å². The third-order valence-electron chi connectivity index (χ3n) is 2.59. The van der Waals surface area contributed by atoms with Crippen LogP contribution in [0.2, 0.25) is 0 Å². The van der Waals surface area contributed by atoms with Gasteiger partial charge in [0.2, 0.25) is 0 Å². The van der Waals surface area contributed by atoms with Gasteiger partial charge in [-0.25, -0.2) is 0 Å². The average molecular weight is 279 g/mol. The smallest absolute Gasteiger partial charge is 0.191 e. The van der Waals surface area contributed by atoms with Gasteiger partial charge in [-0.2, -0.15) is 0 Å². The van der Waals surface area contributed by atoms with E-state index in [1.165, 1.54) is 0 Å². The van der Waals surface area contributed by atoms with Crippen LogP contribution in [0.1, 0.15) is 20.3 Å². The Balaban J connectivity index is 2.24. The van der Waals surface area contributed by atoms with Crippen molar-refractivity contribution >= 4 is 5.96 Å². The van der Waals surface area contributed by atoms with Crippen LogP contribution in [0.15, 0.2) is 29.3 Å². The highest BCUT2D eigenvalue weighted by Gasteiger charge is 1.96. The zero-order valence-electron chi connectivity index (χ0n) is 12.6. The molecule has 1 aromatic carbocycles. The summed E-state index contributed by atoms with van der Waals surface area (Å²) in [7, 11) is 1.65. The molecule has 1 aromatic rings. The van der Waals surface area contributed by atoms with E-state index in [2.05, 4.69) is 29.5 Å². The molecule has 0 radical (unpaired) electrons. The van der Waals surface area contributed by atoms with Gasteiger partial charge in [-0.3, -0.25) is 4.99 Å². The number of nitrogens with zero attached hydrogens (tertiary/aromatic N) is 1. The molecule has 0 aliphatic rings. The van der Waals surface area contributed by atoms with Crippen LogP contribution in [0.3, 0.4) is 0 Å². The van der Waals surface area contributed by atoms with Gasteiger partial charge in [-0.1, -0.05) is 0 Å². The molecule has 5 nitrogen and oxygen atoms in total. The van der Waals surface area contributed by atoms with Gasteiger partial charge < -0.3 is 20.1 Å². The van der Waals surface area contributed by atoms with Crippen LogP contribution in [0, 0.1) is 0 Å². The molecule has 0 heterocycles. The molecule has 0 fully saturated rings. The number of hydrogen-bond acceptors (Lipinski definition) is 3. The summed E-state index contributed by atoms with van der Waals surface area (Å²) in [6, 6.07) is 7.60. The second kappa shape index (κ2) is 9.95. The number of methoxy groups -OCH3 is 1. The fourth-order valence-corrected chi connectivity index (χ4v) is 1.63. The summed E-state index contributed by atoms with van der Waals surface area (Å²) in [5.74, 6) is 2.55. The van der Waals surface area contributed by atoms with Crippen molar-refractivity contribution in [3.05, 3.63) is 24.3 Å². The monoisotopic (exact) mass is 279 g/mol. The SMILES string of the molecule is CCNC(=NCCCOc1ccc(OC)cc1)NCC. The van der Waals surface area contributed by atoms with E-state index < -0.39 is 0 Å². The van der Waals surface area contributed by atoms with Crippen LogP contribution in [0.25, 0.3) is 0 Å². The first-order valence-corrected chi connectivity index (χ1v) is 7.09. The van der Waals surface area contributed by atoms with Crippen LogP contribution in [0.4, 0.5) is 0 Å². The summed E-state index contributed by atoms with van der Waals surface area (Å²) in [5.41, 5.74) is 0. The van der Waals surface area contributed by atoms with E-state index in [0.717, 1.165) is 43.5 Å². The highest BCUT2D eigenvalue weighted by atomic mass is 16.5. The Kier molecular flexibility index (Phi) is 8.03. The normalized spacial score (nSPS) is 9.75. The first-order chi connectivity index (χ1) is 9.80. The van der Waals surface area contributed by atoms with Gasteiger partial charge in [0.25, 0.3) is 0 Å². The van der Waals surface area contributed by atoms with E-state index in [1.807, 2.05) is 24.3 Å². The molecule has 0 amide bonds. The van der Waals surface area contributed by atoms with Gasteiger partial charge in [0.15, 0.2) is 5.96 Å². The summed E-state index contributed by atoms with van der Waals surface area (Å²) in [5, 5.41) is 6.38. The van der Waals surface area contributed by atoms with Crippen LogP contribution >= 0.6 is 0 Å². The molecule has 1 rings (SSSR count). The lowest BCUT2D eigenvalue weighted by Crippen LogP contribution is -2.37. The molecule has 0 atom stereocenters. The summed E-state index contributed by atoms with van der Waals surface area (Å²) in [4.78, 5) is 4.46. The molecule has 20 heavy (non-hydrogen) atoms. The standard InChI is InChI=1S/C15H25N3O2/c1-4-16-15(17-5-2)18-11-6-12-20-14-9-7-13(19-3)8-10-14/h7-10H,4-6,11-12H2,1-3H3,(H2,16,17,18). The highest BCUT2D eigenvalue weighted by molar-refractivity contribution is 5.79. The third-order valence-corrected chi connectivity index (χ3v) is 2.59. The van der Waals surface area contributed by atoms with Crippen molar-refractivity contribution in [1.29, 1.82) is 0 Å². The van der Waals surface area contributed by atoms with Crippen LogP contribution in [0.5, 0.6) is 11.5 Å². The van der Waals surface area contributed by atoms with Crippen molar-refractivity contribution in [2.45, 2.75) is 20.3 Å². The number of nitrogens with one attached hydrogen (secondary N) is 2. The van der Waals surface area contributed by atoms with Crippen LogP contribution < -0.4 is 20.1 Å². The molecule has 0 aromatic heterocycles. The molecule has 2 N–H and O–H groups in total. The maximum absolute atomic E-state index is 5.64. The molecular formula is C15H25N3O2.